The molecule has 110 valence electrons. The van der Waals surface area contributed by atoms with Crippen LogP contribution in [0.3, 0.4) is 0 Å². The summed E-state index contributed by atoms with van der Waals surface area (Å²) in [5, 5.41) is 15.7. The van der Waals surface area contributed by atoms with Crippen LogP contribution in [0.2, 0.25) is 0 Å². The number of benzene rings is 1. The number of nitrogens with one attached hydrogen (secondary N) is 1. The van der Waals surface area contributed by atoms with E-state index in [1.807, 2.05) is 12.1 Å². The van der Waals surface area contributed by atoms with Gasteiger partial charge in [0.05, 0.1) is 6.54 Å². The summed E-state index contributed by atoms with van der Waals surface area (Å²) in [6.07, 6.45) is 3.81. The van der Waals surface area contributed by atoms with E-state index in [4.69, 9.17) is 5.11 Å². The van der Waals surface area contributed by atoms with Crippen LogP contribution in [0.4, 0.5) is 0 Å². The summed E-state index contributed by atoms with van der Waals surface area (Å²) in [6.45, 7) is 2.18. The van der Waals surface area contributed by atoms with Crippen molar-refractivity contribution in [2.24, 2.45) is 0 Å². The smallest absolute Gasteiger partial charge is 0.326 e. The standard InChI is InChI=1S/C15H17N3O3/c1-2-13(15(20)21)17-14(19)12-7-4-3-6-11(12)10-18-9-5-8-16-18/h3-9,13H,2,10H2,1H3,(H,17,19)(H,20,21). The first-order valence-electron chi connectivity index (χ1n) is 6.70. The van der Waals surface area contributed by atoms with Gasteiger partial charge in [-0.05, 0) is 24.1 Å². The molecule has 6 nitrogen and oxygen atoms in total. The second kappa shape index (κ2) is 6.69. The topological polar surface area (TPSA) is 84.2 Å². The molecule has 1 aromatic heterocycles. The van der Waals surface area contributed by atoms with E-state index in [-0.39, 0.29) is 5.91 Å². The lowest BCUT2D eigenvalue weighted by molar-refractivity contribution is -0.139. The van der Waals surface area contributed by atoms with Crippen LogP contribution in [0.5, 0.6) is 0 Å². The van der Waals surface area contributed by atoms with E-state index in [9.17, 15) is 9.59 Å². The van der Waals surface area contributed by atoms with Crippen molar-refractivity contribution in [3.8, 4) is 0 Å². The number of nitrogens with zero attached hydrogens (tertiary/aromatic N) is 2. The average Bonchev–Trinajstić information content (AvgIpc) is 2.97. The summed E-state index contributed by atoms with van der Waals surface area (Å²) >= 11 is 0. The molecule has 6 heteroatoms. The number of amides is 1. The first-order valence-corrected chi connectivity index (χ1v) is 6.70. The summed E-state index contributed by atoms with van der Waals surface area (Å²) in [4.78, 5) is 23.3. The molecular weight excluding hydrogens is 270 g/mol. The lowest BCUT2D eigenvalue weighted by Gasteiger charge is -2.14. The molecule has 1 amide bonds. The molecule has 0 saturated heterocycles. The molecule has 21 heavy (non-hydrogen) atoms. The first-order chi connectivity index (χ1) is 10.1. The summed E-state index contributed by atoms with van der Waals surface area (Å²) in [5.41, 5.74) is 1.26. The molecule has 0 aliphatic heterocycles. The van der Waals surface area contributed by atoms with E-state index in [2.05, 4.69) is 10.4 Å². The number of hydrogen-bond donors (Lipinski definition) is 2. The number of carboxylic acids is 1. The molecule has 2 rings (SSSR count). The third-order valence-corrected chi connectivity index (χ3v) is 3.17. The number of rotatable bonds is 6. The van der Waals surface area contributed by atoms with Crippen LogP contribution in [-0.4, -0.2) is 32.8 Å². The van der Waals surface area contributed by atoms with Crippen molar-refractivity contribution in [3.05, 3.63) is 53.9 Å². The molecule has 0 aliphatic carbocycles. The van der Waals surface area contributed by atoms with Crippen LogP contribution in [-0.2, 0) is 11.3 Å². The monoisotopic (exact) mass is 287 g/mol. The van der Waals surface area contributed by atoms with Gasteiger partial charge in [-0.15, -0.1) is 0 Å². The van der Waals surface area contributed by atoms with E-state index < -0.39 is 12.0 Å². The molecule has 0 fully saturated rings. The Morgan fingerprint density at radius 2 is 2.10 bits per heavy atom. The van der Waals surface area contributed by atoms with Crippen molar-refractivity contribution >= 4 is 11.9 Å². The highest BCUT2D eigenvalue weighted by Crippen LogP contribution is 2.11. The maximum atomic E-state index is 12.3. The van der Waals surface area contributed by atoms with Crippen molar-refractivity contribution < 1.29 is 14.7 Å². The average molecular weight is 287 g/mol. The third-order valence-electron chi connectivity index (χ3n) is 3.17. The first kappa shape index (κ1) is 14.8. The van der Waals surface area contributed by atoms with Gasteiger partial charge in [0.25, 0.3) is 5.91 Å². The number of hydrogen-bond acceptors (Lipinski definition) is 3. The van der Waals surface area contributed by atoms with Crippen molar-refractivity contribution in [3.63, 3.8) is 0 Å². The van der Waals surface area contributed by atoms with Crippen LogP contribution in [0.25, 0.3) is 0 Å². The second-order valence-corrected chi connectivity index (χ2v) is 4.63. The van der Waals surface area contributed by atoms with E-state index in [0.717, 1.165) is 5.56 Å². The van der Waals surface area contributed by atoms with Crippen LogP contribution in [0, 0.1) is 0 Å². The molecule has 1 unspecified atom stereocenters. The Morgan fingerprint density at radius 3 is 2.71 bits per heavy atom. The molecular formula is C15H17N3O3. The Balaban J connectivity index is 2.19. The maximum Gasteiger partial charge on any atom is 0.326 e. The fourth-order valence-electron chi connectivity index (χ4n) is 2.02. The number of carbonyl (C=O) groups excluding carboxylic acids is 1. The fourth-order valence-corrected chi connectivity index (χ4v) is 2.02. The molecule has 0 bridgehead atoms. The van der Waals surface area contributed by atoms with E-state index in [0.29, 0.717) is 18.5 Å². The van der Waals surface area contributed by atoms with E-state index in [1.54, 1.807) is 42.2 Å². The van der Waals surface area contributed by atoms with E-state index in [1.165, 1.54) is 0 Å². The normalized spacial score (nSPS) is 11.9. The zero-order valence-corrected chi connectivity index (χ0v) is 11.7. The Labute approximate surface area is 122 Å². The van der Waals surface area contributed by atoms with Crippen molar-refractivity contribution in [1.29, 1.82) is 0 Å². The molecule has 0 aliphatic rings. The third kappa shape index (κ3) is 3.68. The van der Waals surface area contributed by atoms with Crippen LogP contribution in [0.15, 0.2) is 42.7 Å². The van der Waals surface area contributed by atoms with Gasteiger partial charge in [-0.25, -0.2) is 4.79 Å². The molecule has 0 radical (unpaired) electrons. The van der Waals surface area contributed by atoms with Gasteiger partial charge in [-0.3, -0.25) is 9.48 Å². The van der Waals surface area contributed by atoms with Crippen LogP contribution in [0.1, 0.15) is 29.3 Å². The molecule has 1 atom stereocenters. The van der Waals surface area contributed by atoms with Crippen molar-refractivity contribution in [2.75, 3.05) is 0 Å². The maximum absolute atomic E-state index is 12.3. The Morgan fingerprint density at radius 1 is 1.33 bits per heavy atom. The summed E-state index contributed by atoms with van der Waals surface area (Å²) < 4.78 is 1.71. The number of aromatic nitrogens is 2. The predicted octanol–water partition coefficient (Wildman–Crippen LogP) is 1.52. The predicted molar refractivity (Wildman–Crippen MR) is 77.0 cm³/mol. The molecule has 1 aromatic carbocycles. The van der Waals surface area contributed by atoms with Gasteiger partial charge < -0.3 is 10.4 Å². The summed E-state index contributed by atoms with van der Waals surface area (Å²) in [5.74, 6) is -1.41. The second-order valence-electron chi connectivity index (χ2n) is 4.63. The minimum Gasteiger partial charge on any atom is -0.480 e. The summed E-state index contributed by atoms with van der Waals surface area (Å²) in [7, 11) is 0. The van der Waals surface area contributed by atoms with Gasteiger partial charge in [0.1, 0.15) is 6.04 Å². The number of aliphatic carboxylic acids is 1. The SMILES string of the molecule is CCC(NC(=O)c1ccccc1Cn1cccn1)C(=O)O. The number of carboxylic acid groups (broad SMARTS) is 1. The lowest BCUT2D eigenvalue weighted by atomic mass is 10.1. The molecule has 1 heterocycles. The molecule has 2 aromatic rings. The van der Waals surface area contributed by atoms with Gasteiger partial charge in [0, 0.05) is 18.0 Å². The largest absolute Gasteiger partial charge is 0.480 e. The van der Waals surface area contributed by atoms with Gasteiger partial charge in [0.2, 0.25) is 0 Å². The van der Waals surface area contributed by atoms with Gasteiger partial charge in [-0.1, -0.05) is 25.1 Å². The zero-order chi connectivity index (χ0) is 15.2. The highest BCUT2D eigenvalue weighted by atomic mass is 16.4. The zero-order valence-electron chi connectivity index (χ0n) is 11.7. The highest BCUT2D eigenvalue weighted by Gasteiger charge is 2.20. The Bertz CT molecular complexity index is 623. The van der Waals surface area contributed by atoms with Crippen molar-refractivity contribution in [2.45, 2.75) is 25.9 Å². The Hall–Kier alpha value is -2.63. The van der Waals surface area contributed by atoms with Crippen molar-refractivity contribution in [1.82, 2.24) is 15.1 Å². The molecule has 2 N–H and O–H groups in total. The lowest BCUT2D eigenvalue weighted by Crippen LogP contribution is -2.40. The number of carbonyl (C=O) groups is 2. The van der Waals surface area contributed by atoms with Gasteiger partial charge in [-0.2, -0.15) is 5.10 Å². The minimum atomic E-state index is -1.03. The Kier molecular flexibility index (Phi) is 4.71. The van der Waals surface area contributed by atoms with Crippen LogP contribution < -0.4 is 5.32 Å². The molecule has 0 saturated carbocycles. The highest BCUT2D eigenvalue weighted by molar-refractivity contribution is 5.97. The quantitative estimate of drug-likeness (QED) is 0.843. The van der Waals surface area contributed by atoms with Gasteiger partial charge in [0.15, 0.2) is 0 Å². The van der Waals surface area contributed by atoms with E-state index >= 15 is 0 Å². The fraction of sp³-hybridized carbons (Fsp3) is 0.267. The summed E-state index contributed by atoms with van der Waals surface area (Å²) in [6, 6.07) is 8.03. The van der Waals surface area contributed by atoms with Crippen LogP contribution >= 0.6 is 0 Å². The van der Waals surface area contributed by atoms with Gasteiger partial charge >= 0.3 is 5.97 Å². The molecule has 0 spiro atoms. The minimum absolute atomic E-state index is 0.336.